The van der Waals surface area contributed by atoms with E-state index in [0.29, 0.717) is 19.0 Å². The highest BCUT2D eigenvalue weighted by Gasteiger charge is 2.33. The lowest BCUT2D eigenvalue weighted by Crippen LogP contribution is -2.52. The molecule has 1 aliphatic carbocycles. The van der Waals surface area contributed by atoms with Crippen LogP contribution in [0.2, 0.25) is 0 Å². The van der Waals surface area contributed by atoms with Crippen molar-refractivity contribution < 1.29 is 8.42 Å². The van der Waals surface area contributed by atoms with Gasteiger partial charge in [-0.05, 0) is 44.6 Å². The molecular weight excluding hydrogens is 262 g/mol. The van der Waals surface area contributed by atoms with Gasteiger partial charge in [-0.3, -0.25) is 0 Å². The summed E-state index contributed by atoms with van der Waals surface area (Å²) in [6, 6.07) is 0.104. The Morgan fingerprint density at radius 3 is 2.63 bits per heavy atom. The van der Waals surface area contributed by atoms with E-state index in [4.69, 9.17) is 0 Å². The van der Waals surface area contributed by atoms with E-state index in [9.17, 15) is 8.42 Å². The lowest BCUT2D eigenvalue weighted by Gasteiger charge is -2.34. The topological polar surface area (TPSA) is 61.4 Å². The van der Waals surface area contributed by atoms with Crippen LogP contribution in [-0.4, -0.2) is 45.4 Å². The van der Waals surface area contributed by atoms with Crippen LogP contribution in [0.1, 0.15) is 39.0 Å². The van der Waals surface area contributed by atoms with E-state index in [2.05, 4.69) is 17.0 Å². The van der Waals surface area contributed by atoms with Crippen LogP contribution >= 0.6 is 0 Å². The summed E-state index contributed by atoms with van der Waals surface area (Å²) in [5, 5.41) is 3.10. The summed E-state index contributed by atoms with van der Waals surface area (Å²) < 4.78 is 29.3. The van der Waals surface area contributed by atoms with Crippen molar-refractivity contribution in [2.75, 3.05) is 26.7 Å². The van der Waals surface area contributed by atoms with Crippen molar-refractivity contribution in [3.8, 4) is 0 Å². The zero-order valence-corrected chi connectivity index (χ0v) is 12.9. The third-order valence-electron chi connectivity index (χ3n) is 4.34. The van der Waals surface area contributed by atoms with Crippen LogP contribution in [0.5, 0.6) is 0 Å². The third kappa shape index (κ3) is 4.15. The van der Waals surface area contributed by atoms with Crippen molar-refractivity contribution in [1.29, 1.82) is 0 Å². The van der Waals surface area contributed by atoms with Gasteiger partial charge in [0.2, 0.25) is 0 Å². The summed E-state index contributed by atoms with van der Waals surface area (Å²) in [7, 11) is -1.44. The average Bonchev–Trinajstić information content (AvgIpc) is 3.21. The SMILES string of the molecule is CNCC1CCCCN1S(=O)(=O)NCC(C)C1CC1. The predicted molar refractivity (Wildman–Crippen MR) is 77.1 cm³/mol. The van der Waals surface area contributed by atoms with E-state index in [1.165, 1.54) is 12.8 Å². The summed E-state index contributed by atoms with van der Waals surface area (Å²) in [5.74, 6) is 1.19. The second-order valence-electron chi connectivity index (χ2n) is 5.99. The first-order valence-corrected chi connectivity index (χ1v) is 8.89. The number of hydrogen-bond donors (Lipinski definition) is 2. The van der Waals surface area contributed by atoms with Gasteiger partial charge in [0.05, 0.1) is 0 Å². The first kappa shape index (κ1) is 15.2. The fourth-order valence-electron chi connectivity index (χ4n) is 2.88. The van der Waals surface area contributed by atoms with Crippen molar-refractivity contribution in [3.63, 3.8) is 0 Å². The Bertz CT molecular complexity index is 379. The molecule has 1 saturated heterocycles. The number of piperidine rings is 1. The molecule has 0 aromatic rings. The molecule has 2 aliphatic rings. The first-order chi connectivity index (χ1) is 9.04. The van der Waals surface area contributed by atoms with Crippen molar-refractivity contribution in [1.82, 2.24) is 14.3 Å². The van der Waals surface area contributed by atoms with Gasteiger partial charge < -0.3 is 5.32 Å². The summed E-state index contributed by atoms with van der Waals surface area (Å²) in [6.45, 7) is 4.11. The third-order valence-corrected chi connectivity index (χ3v) is 5.97. The molecule has 0 amide bonds. The molecule has 0 bridgehead atoms. The highest BCUT2D eigenvalue weighted by molar-refractivity contribution is 7.87. The summed E-state index contributed by atoms with van der Waals surface area (Å²) in [5.41, 5.74) is 0. The van der Waals surface area contributed by atoms with Crippen LogP contribution < -0.4 is 10.0 Å². The van der Waals surface area contributed by atoms with Crippen LogP contribution in [0.4, 0.5) is 0 Å². The van der Waals surface area contributed by atoms with Gasteiger partial charge in [-0.25, -0.2) is 4.72 Å². The highest BCUT2D eigenvalue weighted by Crippen LogP contribution is 2.36. The Morgan fingerprint density at radius 1 is 1.26 bits per heavy atom. The quantitative estimate of drug-likeness (QED) is 0.733. The van der Waals surface area contributed by atoms with E-state index in [1.807, 2.05) is 7.05 Å². The average molecular weight is 289 g/mol. The Hall–Kier alpha value is -0.170. The zero-order chi connectivity index (χ0) is 13.9. The first-order valence-electron chi connectivity index (χ1n) is 7.45. The van der Waals surface area contributed by atoms with Gasteiger partial charge in [0.1, 0.15) is 0 Å². The Balaban J connectivity index is 1.91. The molecule has 5 nitrogen and oxygen atoms in total. The number of hydrogen-bond acceptors (Lipinski definition) is 3. The molecule has 2 fully saturated rings. The molecule has 1 heterocycles. The van der Waals surface area contributed by atoms with Gasteiger partial charge in [0.25, 0.3) is 10.2 Å². The molecule has 1 aliphatic heterocycles. The van der Waals surface area contributed by atoms with Crippen molar-refractivity contribution in [2.24, 2.45) is 11.8 Å². The summed E-state index contributed by atoms with van der Waals surface area (Å²) >= 11 is 0. The molecule has 0 aromatic carbocycles. The van der Waals surface area contributed by atoms with E-state index < -0.39 is 10.2 Å². The molecule has 2 atom stereocenters. The normalized spacial score (nSPS) is 27.4. The smallest absolute Gasteiger partial charge is 0.279 e. The fraction of sp³-hybridized carbons (Fsp3) is 1.00. The molecule has 2 unspecified atom stereocenters. The largest absolute Gasteiger partial charge is 0.318 e. The van der Waals surface area contributed by atoms with Gasteiger partial charge in [-0.1, -0.05) is 13.3 Å². The van der Waals surface area contributed by atoms with Crippen LogP contribution in [0, 0.1) is 11.8 Å². The monoisotopic (exact) mass is 289 g/mol. The van der Waals surface area contributed by atoms with Crippen LogP contribution in [0.3, 0.4) is 0 Å². The molecule has 6 heteroatoms. The molecule has 2 rings (SSSR count). The summed E-state index contributed by atoms with van der Waals surface area (Å²) in [4.78, 5) is 0. The number of likely N-dealkylation sites (N-methyl/N-ethyl adjacent to an activating group) is 1. The molecule has 2 N–H and O–H groups in total. The lowest BCUT2D eigenvalue weighted by atomic mass is 10.1. The highest BCUT2D eigenvalue weighted by atomic mass is 32.2. The second-order valence-corrected chi connectivity index (χ2v) is 7.69. The van der Waals surface area contributed by atoms with Gasteiger partial charge in [0.15, 0.2) is 0 Å². The molecule has 0 spiro atoms. The predicted octanol–water partition coefficient (Wildman–Crippen LogP) is 0.941. The van der Waals surface area contributed by atoms with Crippen molar-refractivity contribution in [3.05, 3.63) is 0 Å². The van der Waals surface area contributed by atoms with Gasteiger partial charge >= 0.3 is 0 Å². The number of nitrogens with zero attached hydrogens (tertiary/aromatic N) is 1. The minimum Gasteiger partial charge on any atom is -0.318 e. The molecule has 19 heavy (non-hydrogen) atoms. The van der Waals surface area contributed by atoms with Gasteiger partial charge in [0, 0.05) is 25.7 Å². The number of rotatable bonds is 7. The minimum absolute atomic E-state index is 0.104. The van der Waals surface area contributed by atoms with Gasteiger partial charge in [-0.15, -0.1) is 0 Å². The maximum atomic E-state index is 12.4. The maximum Gasteiger partial charge on any atom is 0.279 e. The fourth-order valence-corrected chi connectivity index (χ4v) is 4.46. The molecule has 1 saturated carbocycles. The van der Waals surface area contributed by atoms with Crippen LogP contribution in [0.25, 0.3) is 0 Å². The zero-order valence-electron chi connectivity index (χ0n) is 12.1. The standard InChI is InChI=1S/C13H27N3O2S/c1-11(12-6-7-12)9-15-19(17,18)16-8-4-3-5-13(16)10-14-2/h11-15H,3-10H2,1-2H3. The lowest BCUT2D eigenvalue weighted by molar-refractivity contribution is 0.245. The van der Waals surface area contributed by atoms with Crippen molar-refractivity contribution >= 4 is 10.2 Å². The van der Waals surface area contributed by atoms with Crippen molar-refractivity contribution in [2.45, 2.75) is 45.1 Å². The van der Waals surface area contributed by atoms with Crippen LogP contribution in [-0.2, 0) is 10.2 Å². The van der Waals surface area contributed by atoms with Crippen LogP contribution in [0.15, 0.2) is 0 Å². The maximum absolute atomic E-state index is 12.4. The van der Waals surface area contributed by atoms with E-state index >= 15 is 0 Å². The second kappa shape index (κ2) is 6.52. The Kier molecular flexibility index (Phi) is 5.22. The van der Waals surface area contributed by atoms with E-state index in [-0.39, 0.29) is 6.04 Å². The summed E-state index contributed by atoms with van der Waals surface area (Å²) in [6.07, 6.45) is 5.57. The molecular formula is C13H27N3O2S. The molecule has 112 valence electrons. The number of nitrogens with one attached hydrogen (secondary N) is 2. The Labute approximate surface area is 117 Å². The van der Waals surface area contributed by atoms with Gasteiger partial charge in [-0.2, -0.15) is 12.7 Å². The molecule has 0 radical (unpaired) electrons. The Morgan fingerprint density at radius 2 is 2.00 bits per heavy atom. The minimum atomic E-state index is -3.31. The molecule has 0 aromatic heterocycles. The van der Waals surface area contributed by atoms with E-state index in [1.54, 1.807) is 4.31 Å². The van der Waals surface area contributed by atoms with E-state index in [0.717, 1.165) is 31.7 Å².